The fourth-order valence-electron chi connectivity index (χ4n) is 2.21. The van der Waals surface area contributed by atoms with Crippen molar-refractivity contribution in [2.24, 2.45) is 0 Å². The van der Waals surface area contributed by atoms with Crippen LogP contribution in [0.25, 0.3) is 0 Å². The highest BCUT2D eigenvalue weighted by molar-refractivity contribution is 5.56. The molecule has 1 fully saturated rings. The minimum atomic E-state index is -0.111. The Kier molecular flexibility index (Phi) is 3.65. The number of halogens is 1. The summed E-state index contributed by atoms with van der Waals surface area (Å²) in [4.78, 5) is 2.15. The molecule has 0 saturated carbocycles. The van der Waals surface area contributed by atoms with Crippen molar-refractivity contribution in [3.63, 3.8) is 0 Å². The van der Waals surface area contributed by atoms with E-state index in [1.807, 2.05) is 19.1 Å². The summed E-state index contributed by atoms with van der Waals surface area (Å²) in [5.41, 5.74) is 1.61. The number of rotatable bonds is 3. The first kappa shape index (κ1) is 11.2. The monoisotopic (exact) mass is 222 g/mol. The molecule has 0 radical (unpaired) electrons. The third-order valence-corrected chi connectivity index (χ3v) is 3.03. The molecule has 3 heteroatoms. The predicted molar refractivity (Wildman–Crippen MR) is 66.6 cm³/mol. The predicted octanol–water partition coefficient (Wildman–Crippen LogP) is 3.25. The molecule has 0 amide bonds. The first-order valence-electron chi connectivity index (χ1n) is 6.09. The minimum absolute atomic E-state index is 0.111. The van der Waals surface area contributed by atoms with Crippen LogP contribution in [0.15, 0.2) is 18.2 Å². The smallest absolute Gasteiger partial charge is 0.148 e. The summed E-state index contributed by atoms with van der Waals surface area (Å²) in [6.45, 7) is 4.80. The van der Waals surface area contributed by atoms with Crippen molar-refractivity contribution in [1.82, 2.24) is 0 Å². The maximum atomic E-state index is 13.9. The van der Waals surface area contributed by atoms with Crippen LogP contribution in [-0.2, 0) is 0 Å². The van der Waals surface area contributed by atoms with Gasteiger partial charge in [-0.2, -0.15) is 0 Å². The van der Waals surface area contributed by atoms with E-state index in [0.29, 0.717) is 0 Å². The lowest BCUT2D eigenvalue weighted by molar-refractivity contribution is 0.557. The summed E-state index contributed by atoms with van der Waals surface area (Å²) in [7, 11) is 0. The van der Waals surface area contributed by atoms with Crippen molar-refractivity contribution >= 4 is 11.4 Å². The summed E-state index contributed by atoms with van der Waals surface area (Å²) < 4.78 is 13.9. The number of nitrogens with one attached hydrogen (secondary N) is 1. The van der Waals surface area contributed by atoms with Crippen molar-refractivity contribution in [1.29, 1.82) is 0 Å². The lowest BCUT2D eigenvalue weighted by Gasteiger charge is -2.29. The Morgan fingerprint density at radius 1 is 1.25 bits per heavy atom. The topological polar surface area (TPSA) is 15.3 Å². The average Bonchev–Trinajstić information content (AvgIpc) is 2.31. The zero-order valence-corrected chi connectivity index (χ0v) is 9.80. The van der Waals surface area contributed by atoms with Gasteiger partial charge in [0.05, 0.1) is 5.69 Å². The van der Waals surface area contributed by atoms with Crippen LogP contribution in [0.1, 0.15) is 26.2 Å². The lowest BCUT2D eigenvalue weighted by atomic mass is 10.1. The Balaban J connectivity index is 2.14. The fourth-order valence-corrected chi connectivity index (χ4v) is 2.21. The average molecular weight is 222 g/mol. The molecule has 1 aromatic rings. The second-order valence-electron chi connectivity index (χ2n) is 4.24. The van der Waals surface area contributed by atoms with Crippen LogP contribution in [0.3, 0.4) is 0 Å². The van der Waals surface area contributed by atoms with Crippen LogP contribution < -0.4 is 10.2 Å². The molecule has 1 aliphatic heterocycles. The normalized spacial score (nSPS) is 16.2. The van der Waals surface area contributed by atoms with Crippen LogP contribution in [-0.4, -0.2) is 19.6 Å². The molecule has 1 aromatic carbocycles. The van der Waals surface area contributed by atoms with Crippen molar-refractivity contribution in [3.8, 4) is 0 Å². The molecule has 1 N–H and O–H groups in total. The van der Waals surface area contributed by atoms with Gasteiger partial charge >= 0.3 is 0 Å². The molecule has 2 nitrogen and oxygen atoms in total. The number of hydrogen-bond acceptors (Lipinski definition) is 2. The molecule has 0 atom stereocenters. The Morgan fingerprint density at radius 2 is 2.00 bits per heavy atom. The van der Waals surface area contributed by atoms with E-state index in [0.717, 1.165) is 31.0 Å². The Morgan fingerprint density at radius 3 is 2.62 bits per heavy atom. The van der Waals surface area contributed by atoms with Crippen LogP contribution >= 0.6 is 0 Å². The van der Waals surface area contributed by atoms with E-state index in [-0.39, 0.29) is 5.82 Å². The quantitative estimate of drug-likeness (QED) is 0.844. The largest absolute Gasteiger partial charge is 0.385 e. The Labute approximate surface area is 96.5 Å². The summed E-state index contributed by atoms with van der Waals surface area (Å²) in [5, 5.41) is 3.12. The van der Waals surface area contributed by atoms with Crippen molar-refractivity contribution in [3.05, 3.63) is 24.0 Å². The first-order chi connectivity index (χ1) is 7.81. The van der Waals surface area contributed by atoms with Gasteiger partial charge in [0.15, 0.2) is 0 Å². The summed E-state index contributed by atoms with van der Waals surface area (Å²) in [6, 6.07) is 5.43. The number of benzene rings is 1. The molecule has 1 heterocycles. The third kappa shape index (κ3) is 2.46. The fraction of sp³-hybridized carbons (Fsp3) is 0.538. The van der Waals surface area contributed by atoms with Gasteiger partial charge in [-0.05, 0) is 44.4 Å². The number of nitrogens with zero attached hydrogens (tertiary/aromatic N) is 1. The standard InChI is InChI=1S/C13H19FN2/c1-2-15-11-6-7-13(12(14)10-11)16-8-4-3-5-9-16/h6-7,10,15H,2-5,8-9H2,1H3. The van der Waals surface area contributed by atoms with E-state index in [2.05, 4.69) is 10.2 Å². The first-order valence-corrected chi connectivity index (χ1v) is 6.09. The number of hydrogen-bond donors (Lipinski definition) is 1. The maximum absolute atomic E-state index is 13.9. The third-order valence-electron chi connectivity index (χ3n) is 3.03. The molecule has 16 heavy (non-hydrogen) atoms. The number of anilines is 2. The van der Waals surface area contributed by atoms with Gasteiger partial charge in [0.25, 0.3) is 0 Å². The van der Waals surface area contributed by atoms with E-state index in [4.69, 9.17) is 0 Å². The van der Waals surface area contributed by atoms with Crippen LogP contribution in [0.4, 0.5) is 15.8 Å². The van der Waals surface area contributed by atoms with Gasteiger partial charge in [0.1, 0.15) is 5.82 Å². The van der Waals surface area contributed by atoms with E-state index >= 15 is 0 Å². The molecule has 0 bridgehead atoms. The van der Waals surface area contributed by atoms with Crippen molar-refractivity contribution < 1.29 is 4.39 Å². The SMILES string of the molecule is CCNc1ccc(N2CCCCC2)c(F)c1. The number of piperidine rings is 1. The highest BCUT2D eigenvalue weighted by atomic mass is 19.1. The van der Waals surface area contributed by atoms with Crippen LogP contribution in [0, 0.1) is 5.82 Å². The van der Waals surface area contributed by atoms with E-state index < -0.39 is 0 Å². The van der Waals surface area contributed by atoms with Gasteiger partial charge in [-0.15, -0.1) is 0 Å². The van der Waals surface area contributed by atoms with Gasteiger partial charge in [-0.25, -0.2) is 4.39 Å². The van der Waals surface area contributed by atoms with Crippen LogP contribution in [0.2, 0.25) is 0 Å². The molecule has 1 aliphatic rings. The molecule has 88 valence electrons. The van der Waals surface area contributed by atoms with Gasteiger partial charge < -0.3 is 10.2 Å². The van der Waals surface area contributed by atoms with Gasteiger partial charge in [0.2, 0.25) is 0 Å². The molecule has 0 aliphatic carbocycles. The van der Waals surface area contributed by atoms with E-state index in [1.54, 1.807) is 6.07 Å². The molecule has 0 spiro atoms. The Hall–Kier alpha value is -1.25. The van der Waals surface area contributed by atoms with Gasteiger partial charge in [-0.1, -0.05) is 0 Å². The van der Waals surface area contributed by atoms with E-state index in [1.165, 1.54) is 19.3 Å². The summed E-state index contributed by atoms with van der Waals surface area (Å²) in [6.07, 6.45) is 3.62. The lowest BCUT2D eigenvalue weighted by Crippen LogP contribution is -2.30. The van der Waals surface area contributed by atoms with Gasteiger partial charge in [0, 0.05) is 25.3 Å². The van der Waals surface area contributed by atoms with Crippen molar-refractivity contribution in [2.75, 3.05) is 29.9 Å². The minimum Gasteiger partial charge on any atom is -0.385 e. The zero-order valence-electron chi connectivity index (χ0n) is 9.80. The molecule has 2 rings (SSSR count). The zero-order chi connectivity index (χ0) is 11.4. The van der Waals surface area contributed by atoms with Crippen LogP contribution in [0.5, 0.6) is 0 Å². The maximum Gasteiger partial charge on any atom is 0.148 e. The molecule has 1 saturated heterocycles. The van der Waals surface area contributed by atoms with E-state index in [9.17, 15) is 4.39 Å². The summed E-state index contributed by atoms with van der Waals surface area (Å²) >= 11 is 0. The molecular formula is C13H19FN2. The highest BCUT2D eigenvalue weighted by Gasteiger charge is 2.14. The summed E-state index contributed by atoms with van der Waals surface area (Å²) in [5.74, 6) is -0.111. The highest BCUT2D eigenvalue weighted by Crippen LogP contribution is 2.25. The molecule has 0 aromatic heterocycles. The van der Waals surface area contributed by atoms with Crippen molar-refractivity contribution in [2.45, 2.75) is 26.2 Å². The second-order valence-corrected chi connectivity index (χ2v) is 4.24. The van der Waals surface area contributed by atoms with Gasteiger partial charge in [-0.3, -0.25) is 0 Å². The second kappa shape index (κ2) is 5.19. The molecular weight excluding hydrogens is 203 g/mol. The molecule has 0 unspecified atom stereocenters. The Bertz CT molecular complexity index is 346.